The van der Waals surface area contributed by atoms with Gasteiger partial charge in [0, 0.05) is 31.2 Å². The van der Waals surface area contributed by atoms with Crippen LogP contribution in [0.3, 0.4) is 0 Å². The second-order valence-corrected chi connectivity index (χ2v) is 10.8. The van der Waals surface area contributed by atoms with Crippen molar-refractivity contribution in [2.45, 2.75) is 49.6 Å². The van der Waals surface area contributed by atoms with E-state index in [1.165, 1.54) is 28.6 Å². The Morgan fingerprint density at radius 3 is 2.39 bits per heavy atom. The van der Waals surface area contributed by atoms with Crippen LogP contribution < -0.4 is 0 Å². The number of halogens is 2. The van der Waals surface area contributed by atoms with Gasteiger partial charge in [-0.2, -0.15) is 4.31 Å². The molecule has 0 aromatic heterocycles. The molecular weight excluding hydrogens is 467 g/mol. The van der Waals surface area contributed by atoms with Gasteiger partial charge >= 0.3 is 0 Å². The van der Waals surface area contributed by atoms with Crippen LogP contribution in [0.5, 0.6) is 0 Å². The first-order valence-corrected chi connectivity index (χ1v) is 13.1. The van der Waals surface area contributed by atoms with Crippen molar-refractivity contribution >= 4 is 27.5 Å². The second-order valence-electron chi connectivity index (χ2n) is 8.51. The lowest BCUT2D eigenvalue weighted by Gasteiger charge is -2.35. The molecule has 178 valence electrons. The smallest absolute Gasteiger partial charge is 0.254 e. The van der Waals surface area contributed by atoms with E-state index in [0.717, 1.165) is 37.7 Å². The number of nitrogens with zero attached hydrogens (tertiary/aromatic N) is 2. The number of hydrogen-bond acceptors (Lipinski definition) is 4. The molecule has 0 N–H and O–H groups in total. The maximum absolute atomic E-state index is 13.7. The van der Waals surface area contributed by atoms with Gasteiger partial charge in [0.05, 0.1) is 18.2 Å². The van der Waals surface area contributed by atoms with Gasteiger partial charge in [-0.1, -0.05) is 43.0 Å². The molecule has 2 aromatic rings. The van der Waals surface area contributed by atoms with Gasteiger partial charge in [-0.3, -0.25) is 4.79 Å². The monoisotopic (exact) mass is 494 g/mol. The predicted octanol–water partition coefficient (Wildman–Crippen LogP) is 4.48. The topological polar surface area (TPSA) is 66.9 Å². The number of sulfonamides is 1. The van der Waals surface area contributed by atoms with E-state index in [4.69, 9.17) is 16.3 Å². The van der Waals surface area contributed by atoms with E-state index in [1.807, 2.05) is 0 Å². The maximum atomic E-state index is 13.7. The summed E-state index contributed by atoms with van der Waals surface area (Å²) in [5, 5.41) is 0.0841. The molecule has 1 heterocycles. The third-order valence-electron chi connectivity index (χ3n) is 6.31. The lowest BCUT2D eigenvalue weighted by molar-refractivity contribution is 0.0614. The summed E-state index contributed by atoms with van der Waals surface area (Å²) in [6.07, 6.45) is 4.99. The zero-order chi connectivity index (χ0) is 23.4. The normalized spacial score (nSPS) is 18.2. The Bertz CT molecular complexity index is 1080. The van der Waals surface area contributed by atoms with E-state index in [0.29, 0.717) is 19.8 Å². The van der Waals surface area contributed by atoms with E-state index in [-0.39, 0.29) is 46.3 Å². The van der Waals surface area contributed by atoms with Crippen molar-refractivity contribution in [2.75, 3.05) is 26.3 Å². The Labute approximate surface area is 199 Å². The van der Waals surface area contributed by atoms with Gasteiger partial charge < -0.3 is 9.64 Å². The van der Waals surface area contributed by atoms with Crippen molar-refractivity contribution in [2.24, 2.45) is 0 Å². The standard InChI is InChI=1S/C24H28ClFN2O4S/c25-22-11-8-19(16-23(22)33(30,31)27-12-14-32-15-13-27)24(29)28(21-4-2-1-3-5-21)17-18-6-9-20(26)10-7-18/h6-11,16,21H,1-5,12-15,17H2. The number of hydrogen-bond donors (Lipinski definition) is 0. The first-order chi connectivity index (χ1) is 15.9. The minimum Gasteiger partial charge on any atom is -0.379 e. The molecule has 0 radical (unpaired) electrons. The predicted molar refractivity (Wildman–Crippen MR) is 124 cm³/mol. The molecule has 33 heavy (non-hydrogen) atoms. The lowest BCUT2D eigenvalue weighted by atomic mass is 9.93. The van der Waals surface area contributed by atoms with Crippen LogP contribution in [0, 0.1) is 5.82 Å². The van der Waals surface area contributed by atoms with Crippen LogP contribution in [-0.2, 0) is 21.3 Å². The Balaban J connectivity index is 1.65. The van der Waals surface area contributed by atoms with Gasteiger partial charge in [0.1, 0.15) is 10.7 Å². The molecule has 2 fully saturated rings. The molecule has 0 spiro atoms. The highest BCUT2D eigenvalue weighted by Gasteiger charge is 2.31. The fraction of sp³-hybridized carbons (Fsp3) is 0.458. The zero-order valence-corrected chi connectivity index (χ0v) is 20.0. The number of carbonyl (C=O) groups excluding carboxylic acids is 1. The van der Waals surface area contributed by atoms with E-state index in [9.17, 15) is 17.6 Å². The molecule has 6 nitrogen and oxygen atoms in total. The largest absolute Gasteiger partial charge is 0.379 e. The molecule has 4 rings (SSSR count). The summed E-state index contributed by atoms with van der Waals surface area (Å²) < 4.78 is 46.4. The summed E-state index contributed by atoms with van der Waals surface area (Å²) in [5.41, 5.74) is 1.10. The molecule has 0 bridgehead atoms. The third-order valence-corrected chi connectivity index (χ3v) is 8.69. The van der Waals surface area contributed by atoms with Crippen molar-refractivity contribution in [3.8, 4) is 0 Å². The SMILES string of the molecule is O=C(c1ccc(Cl)c(S(=O)(=O)N2CCOCC2)c1)N(Cc1ccc(F)cc1)C1CCCCC1. The second kappa shape index (κ2) is 10.5. The first kappa shape index (κ1) is 24.1. The van der Waals surface area contributed by atoms with Crippen molar-refractivity contribution in [3.05, 3.63) is 64.4 Å². The number of rotatable bonds is 6. The Kier molecular flexibility index (Phi) is 7.69. The molecule has 1 aliphatic heterocycles. The molecule has 1 saturated carbocycles. The summed E-state index contributed by atoms with van der Waals surface area (Å²) in [4.78, 5) is 15.4. The van der Waals surface area contributed by atoms with Crippen LogP contribution in [0.1, 0.15) is 48.0 Å². The average molecular weight is 495 g/mol. The van der Waals surface area contributed by atoms with Crippen LogP contribution in [0.2, 0.25) is 5.02 Å². The molecule has 9 heteroatoms. The fourth-order valence-electron chi connectivity index (χ4n) is 4.47. The molecule has 1 amide bonds. The van der Waals surface area contributed by atoms with Crippen molar-refractivity contribution in [3.63, 3.8) is 0 Å². The van der Waals surface area contributed by atoms with Gasteiger partial charge in [0.15, 0.2) is 0 Å². The fourth-order valence-corrected chi connectivity index (χ4v) is 6.38. The Morgan fingerprint density at radius 1 is 1.06 bits per heavy atom. The Morgan fingerprint density at radius 2 is 1.73 bits per heavy atom. The molecule has 0 unspecified atom stereocenters. The van der Waals surface area contributed by atoms with Crippen molar-refractivity contribution in [1.29, 1.82) is 0 Å². The van der Waals surface area contributed by atoms with Crippen molar-refractivity contribution in [1.82, 2.24) is 9.21 Å². The van der Waals surface area contributed by atoms with Crippen LogP contribution in [0.25, 0.3) is 0 Å². The average Bonchev–Trinajstić information content (AvgIpc) is 2.84. The van der Waals surface area contributed by atoms with E-state index in [1.54, 1.807) is 23.1 Å². The maximum Gasteiger partial charge on any atom is 0.254 e. The molecular formula is C24H28ClFN2O4S. The number of ether oxygens (including phenoxy) is 1. The summed E-state index contributed by atoms with van der Waals surface area (Å²) >= 11 is 6.28. The third kappa shape index (κ3) is 5.57. The highest BCUT2D eigenvalue weighted by atomic mass is 35.5. The van der Waals surface area contributed by atoms with Gasteiger partial charge in [-0.25, -0.2) is 12.8 Å². The molecule has 1 aliphatic carbocycles. The van der Waals surface area contributed by atoms with E-state index >= 15 is 0 Å². The summed E-state index contributed by atoms with van der Waals surface area (Å²) in [6, 6.07) is 10.6. The van der Waals surface area contributed by atoms with Gasteiger partial charge in [0.25, 0.3) is 5.91 Å². The minimum absolute atomic E-state index is 0.0475. The minimum atomic E-state index is -3.85. The van der Waals surface area contributed by atoms with Crippen LogP contribution in [-0.4, -0.2) is 55.9 Å². The van der Waals surface area contributed by atoms with Crippen LogP contribution in [0.15, 0.2) is 47.4 Å². The first-order valence-electron chi connectivity index (χ1n) is 11.3. The highest BCUT2D eigenvalue weighted by Crippen LogP contribution is 2.30. The number of benzene rings is 2. The van der Waals surface area contributed by atoms with Gasteiger partial charge in [0.2, 0.25) is 10.0 Å². The van der Waals surface area contributed by atoms with Gasteiger partial charge in [-0.05, 0) is 48.7 Å². The summed E-state index contributed by atoms with van der Waals surface area (Å²) in [6.45, 7) is 1.47. The van der Waals surface area contributed by atoms with Crippen molar-refractivity contribution < 1.29 is 22.3 Å². The highest BCUT2D eigenvalue weighted by molar-refractivity contribution is 7.89. The number of carbonyl (C=O) groups is 1. The quantitative estimate of drug-likeness (QED) is 0.594. The molecule has 0 atom stereocenters. The molecule has 2 aliphatic rings. The van der Waals surface area contributed by atoms with Crippen LogP contribution in [0.4, 0.5) is 4.39 Å². The molecule has 2 aromatic carbocycles. The molecule has 1 saturated heterocycles. The van der Waals surface area contributed by atoms with Crippen LogP contribution >= 0.6 is 11.6 Å². The Hall–Kier alpha value is -2.00. The summed E-state index contributed by atoms with van der Waals surface area (Å²) in [5.74, 6) is -0.578. The van der Waals surface area contributed by atoms with E-state index < -0.39 is 10.0 Å². The summed E-state index contributed by atoms with van der Waals surface area (Å²) in [7, 11) is -3.85. The van der Waals surface area contributed by atoms with E-state index in [2.05, 4.69) is 0 Å². The number of amides is 1. The number of morpholine rings is 1. The zero-order valence-electron chi connectivity index (χ0n) is 18.4. The van der Waals surface area contributed by atoms with Gasteiger partial charge in [-0.15, -0.1) is 0 Å². The lowest BCUT2D eigenvalue weighted by Crippen LogP contribution is -2.42.